The number of amides is 1. The number of ether oxygens (including phenoxy) is 3. The number of nitrogens with zero attached hydrogens (tertiary/aromatic N) is 3. The molecule has 2 atom stereocenters. The van der Waals surface area contributed by atoms with Gasteiger partial charge in [-0.3, -0.25) is 14.6 Å². The number of carbonyl (C=O) groups is 1. The zero-order valence-corrected chi connectivity index (χ0v) is 25.7. The molecule has 2 fully saturated rings. The molecule has 0 radical (unpaired) electrons. The maximum atomic E-state index is 13.1. The fourth-order valence-corrected chi connectivity index (χ4v) is 6.66. The molecule has 0 bridgehead atoms. The SMILES string of the molecule is COc1ccc(Cc2ccc([C@H](C)N3CCN(C4CCN(C(=O)c5ccccc5OC)CC4)C[C@H]3C)cc2)c(OC)c1. The third-order valence-electron chi connectivity index (χ3n) is 9.16. The molecule has 2 saturated heterocycles. The monoisotopic (exact) mass is 571 g/mol. The molecule has 0 spiro atoms. The lowest BCUT2D eigenvalue weighted by Gasteiger charge is -2.47. The van der Waals surface area contributed by atoms with Gasteiger partial charge in [0.1, 0.15) is 17.2 Å². The lowest BCUT2D eigenvalue weighted by Crippen LogP contribution is -2.57. The summed E-state index contributed by atoms with van der Waals surface area (Å²) in [4.78, 5) is 20.4. The van der Waals surface area contributed by atoms with E-state index < -0.39 is 0 Å². The lowest BCUT2D eigenvalue weighted by atomic mass is 9.97. The number of carbonyl (C=O) groups excluding carboxylic acids is 1. The second-order valence-corrected chi connectivity index (χ2v) is 11.6. The van der Waals surface area contributed by atoms with Crippen LogP contribution in [-0.2, 0) is 6.42 Å². The molecule has 1 amide bonds. The highest BCUT2D eigenvalue weighted by molar-refractivity contribution is 5.97. The Morgan fingerprint density at radius 1 is 0.857 bits per heavy atom. The molecule has 0 saturated carbocycles. The number of piperidine rings is 1. The Labute approximate surface area is 251 Å². The van der Waals surface area contributed by atoms with Crippen LogP contribution in [0.25, 0.3) is 0 Å². The minimum absolute atomic E-state index is 0.0760. The predicted octanol–water partition coefficient (Wildman–Crippen LogP) is 5.68. The molecule has 7 heteroatoms. The number of rotatable bonds is 9. The second-order valence-electron chi connectivity index (χ2n) is 11.6. The number of methoxy groups -OCH3 is 3. The van der Waals surface area contributed by atoms with Gasteiger partial charge in [0.15, 0.2) is 0 Å². The van der Waals surface area contributed by atoms with Gasteiger partial charge in [-0.2, -0.15) is 0 Å². The number of para-hydroxylation sites is 1. The van der Waals surface area contributed by atoms with E-state index in [1.165, 1.54) is 11.1 Å². The van der Waals surface area contributed by atoms with Gasteiger partial charge in [0.2, 0.25) is 0 Å². The molecule has 3 aromatic rings. The van der Waals surface area contributed by atoms with Crippen molar-refractivity contribution in [2.24, 2.45) is 0 Å². The maximum absolute atomic E-state index is 13.1. The van der Waals surface area contributed by atoms with E-state index in [4.69, 9.17) is 14.2 Å². The van der Waals surface area contributed by atoms with E-state index in [1.54, 1.807) is 21.3 Å². The summed E-state index contributed by atoms with van der Waals surface area (Å²) >= 11 is 0. The van der Waals surface area contributed by atoms with Gasteiger partial charge in [0.05, 0.1) is 26.9 Å². The Hall–Kier alpha value is -3.55. The highest BCUT2D eigenvalue weighted by Crippen LogP contribution is 2.30. The van der Waals surface area contributed by atoms with Gasteiger partial charge in [-0.25, -0.2) is 0 Å². The van der Waals surface area contributed by atoms with Gasteiger partial charge in [0.25, 0.3) is 5.91 Å². The Morgan fingerprint density at radius 3 is 2.24 bits per heavy atom. The molecule has 7 nitrogen and oxygen atoms in total. The summed E-state index contributed by atoms with van der Waals surface area (Å²) in [5.41, 5.74) is 4.42. The van der Waals surface area contributed by atoms with E-state index >= 15 is 0 Å². The first-order valence-electron chi connectivity index (χ1n) is 15.1. The molecule has 2 heterocycles. The van der Waals surface area contributed by atoms with Gasteiger partial charge in [-0.05, 0) is 61.6 Å². The standard InChI is InChI=1S/C35H45N3O4/c1-25-24-37(30-16-18-36(19-17-30)35(39)32-8-6-7-9-33(32)41-4)20-21-38(25)26(2)28-12-10-27(11-13-28)22-29-14-15-31(40-3)23-34(29)42-5/h6-15,23,25-26,30H,16-22,24H2,1-5H3/t25-,26+/m1/s1. The molecule has 0 aliphatic carbocycles. The first-order valence-corrected chi connectivity index (χ1v) is 15.1. The minimum Gasteiger partial charge on any atom is -0.497 e. The molecule has 2 aliphatic rings. The Kier molecular flexibility index (Phi) is 9.70. The highest BCUT2D eigenvalue weighted by atomic mass is 16.5. The molecule has 2 aliphatic heterocycles. The topological polar surface area (TPSA) is 54.5 Å². The lowest BCUT2D eigenvalue weighted by molar-refractivity contribution is 0.0135. The number of likely N-dealkylation sites (tertiary alicyclic amines) is 1. The molecule has 42 heavy (non-hydrogen) atoms. The quantitative estimate of drug-likeness (QED) is 0.330. The van der Waals surface area contributed by atoms with Crippen LogP contribution in [0.3, 0.4) is 0 Å². The highest BCUT2D eigenvalue weighted by Gasteiger charge is 2.34. The molecular weight excluding hydrogens is 526 g/mol. The molecule has 0 aromatic heterocycles. The van der Waals surface area contributed by atoms with Crippen LogP contribution in [0, 0.1) is 0 Å². The summed E-state index contributed by atoms with van der Waals surface area (Å²) in [5.74, 6) is 2.38. The largest absolute Gasteiger partial charge is 0.497 e. The van der Waals surface area contributed by atoms with Crippen molar-refractivity contribution in [2.45, 2.75) is 51.2 Å². The summed E-state index contributed by atoms with van der Waals surface area (Å²) < 4.78 is 16.4. The van der Waals surface area contributed by atoms with Crippen LogP contribution in [0.2, 0.25) is 0 Å². The fourth-order valence-electron chi connectivity index (χ4n) is 6.66. The van der Waals surface area contributed by atoms with Gasteiger partial charge in [-0.15, -0.1) is 0 Å². The zero-order chi connectivity index (χ0) is 29.6. The first kappa shape index (κ1) is 29.9. The number of hydrogen-bond acceptors (Lipinski definition) is 6. The Balaban J connectivity index is 1.13. The first-order chi connectivity index (χ1) is 20.4. The summed E-state index contributed by atoms with van der Waals surface area (Å²) in [5, 5.41) is 0. The predicted molar refractivity (Wildman–Crippen MR) is 167 cm³/mol. The van der Waals surface area contributed by atoms with E-state index in [0.717, 1.165) is 69.0 Å². The molecule has 0 N–H and O–H groups in total. The summed E-state index contributed by atoms with van der Waals surface area (Å²) in [6, 6.07) is 23.9. The smallest absolute Gasteiger partial charge is 0.257 e. The molecule has 0 unspecified atom stereocenters. The van der Waals surface area contributed by atoms with Crippen LogP contribution in [0.15, 0.2) is 66.7 Å². The van der Waals surface area contributed by atoms with Crippen molar-refractivity contribution >= 4 is 5.91 Å². The van der Waals surface area contributed by atoms with E-state index in [1.807, 2.05) is 41.3 Å². The van der Waals surface area contributed by atoms with E-state index in [-0.39, 0.29) is 5.91 Å². The van der Waals surface area contributed by atoms with Gasteiger partial charge < -0.3 is 19.1 Å². The molecule has 224 valence electrons. The fraction of sp³-hybridized carbons (Fsp3) is 0.457. The summed E-state index contributed by atoms with van der Waals surface area (Å²) in [6.45, 7) is 9.44. The van der Waals surface area contributed by atoms with Crippen LogP contribution in [-0.4, -0.2) is 86.7 Å². The Morgan fingerprint density at radius 2 is 1.57 bits per heavy atom. The molecular formula is C35H45N3O4. The van der Waals surface area contributed by atoms with Crippen molar-refractivity contribution in [3.8, 4) is 17.2 Å². The zero-order valence-electron chi connectivity index (χ0n) is 25.7. The minimum atomic E-state index is 0.0760. The van der Waals surface area contributed by atoms with Gasteiger partial charge in [0, 0.05) is 63.3 Å². The van der Waals surface area contributed by atoms with Crippen LogP contribution in [0.1, 0.15) is 59.8 Å². The van der Waals surface area contributed by atoms with Crippen molar-refractivity contribution in [1.29, 1.82) is 0 Å². The molecule has 3 aromatic carbocycles. The maximum Gasteiger partial charge on any atom is 0.257 e. The van der Waals surface area contributed by atoms with Gasteiger partial charge in [-0.1, -0.05) is 42.5 Å². The summed E-state index contributed by atoms with van der Waals surface area (Å²) in [6.07, 6.45) is 2.85. The van der Waals surface area contributed by atoms with Crippen LogP contribution in [0.4, 0.5) is 0 Å². The van der Waals surface area contributed by atoms with Crippen LogP contribution < -0.4 is 14.2 Å². The third-order valence-corrected chi connectivity index (χ3v) is 9.16. The van der Waals surface area contributed by atoms with E-state index in [0.29, 0.717) is 29.4 Å². The average Bonchev–Trinajstić information content (AvgIpc) is 3.04. The van der Waals surface area contributed by atoms with Crippen LogP contribution >= 0.6 is 0 Å². The van der Waals surface area contributed by atoms with Crippen molar-refractivity contribution < 1.29 is 19.0 Å². The van der Waals surface area contributed by atoms with E-state index in [2.05, 4.69) is 54.0 Å². The van der Waals surface area contributed by atoms with Gasteiger partial charge >= 0.3 is 0 Å². The van der Waals surface area contributed by atoms with Crippen LogP contribution in [0.5, 0.6) is 17.2 Å². The van der Waals surface area contributed by atoms with Crippen molar-refractivity contribution in [3.05, 3.63) is 89.0 Å². The summed E-state index contributed by atoms with van der Waals surface area (Å²) in [7, 11) is 5.00. The number of piperazine rings is 1. The van der Waals surface area contributed by atoms with E-state index in [9.17, 15) is 4.79 Å². The Bertz CT molecular complexity index is 1340. The number of hydrogen-bond donors (Lipinski definition) is 0. The molecule has 5 rings (SSSR count). The number of benzene rings is 3. The van der Waals surface area contributed by atoms with Crippen molar-refractivity contribution in [1.82, 2.24) is 14.7 Å². The average molecular weight is 572 g/mol. The normalized spacial score (nSPS) is 19.4. The van der Waals surface area contributed by atoms with Crippen molar-refractivity contribution in [2.75, 3.05) is 54.1 Å². The van der Waals surface area contributed by atoms with Crippen molar-refractivity contribution in [3.63, 3.8) is 0 Å². The third kappa shape index (κ3) is 6.58. The second kappa shape index (κ2) is 13.6.